The second-order valence-electron chi connectivity index (χ2n) is 5.11. The van der Waals surface area contributed by atoms with E-state index in [1.165, 1.54) is 0 Å². The highest BCUT2D eigenvalue weighted by molar-refractivity contribution is 5.94. The number of amides is 1. The molecule has 4 heteroatoms. The number of rotatable bonds is 7. The molecular weight excluding hydrogens is 240 g/mol. The largest absolute Gasteiger partial charge is 0.374 e. The fourth-order valence-electron chi connectivity index (χ4n) is 1.87. The maximum Gasteiger partial charge on any atom is 0.251 e. The summed E-state index contributed by atoms with van der Waals surface area (Å²) in [6.45, 7) is 7.57. The molecule has 0 heterocycles. The van der Waals surface area contributed by atoms with E-state index < -0.39 is 0 Å². The van der Waals surface area contributed by atoms with Crippen LogP contribution in [0, 0.1) is 0 Å². The van der Waals surface area contributed by atoms with E-state index in [4.69, 9.17) is 10.5 Å². The highest BCUT2D eigenvalue weighted by atomic mass is 16.5. The van der Waals surface area contributed by atoms with Crippen molar-refractivity contribution in [1.82, 2.24) is 5.32 Å². The van der Waals surface area contributed by atoms with Crippen molar-refractivity contribution in [1.29, 1.82) is 0 Å². The highest BCUT2D eigenvalue weighted by Gasteiger charge is 2.19. The summed E-state index contributed by atoms with van der Waals surface area (Å²) in [6.07, 6.45) is 0.783. The standard InChI is InChI=1S/C15H24N2O2/c1-4-19-15(2,3)11-17-14(18)13-7-5-6-12(10-13)8-9-16/h5-7,10H,4,8-9,11,16H2,1-3H3,(H,17,18). The fraction of sp³-hybridized carbons (Fsp3) is 0.533. The Bertz CT molecular complexity index is 416. The molecule has 1 aromatic rings. The zero-order chi connectivity index (χ0) is 14.3. The number of carbonyl (C=O) groups is 1. The number of hydrogen-bond donors (Lipinski definition) is 2. The molecule has 106 valence electrons. The van der Waals surface area contributed by atoms with Crippen LogP contribution in [0.5, 0.6) is 0 Å². The minimum absolute atomic E-state index is 0.0772. The van der Waals surface area contributed by atoms with E-state index in [1.807, 2.05) is 45.0 Å². The first-order valence-corrected chi connectivity index (χ1v) is 6.69. The number of carbonyl (C=O) groups excluding carboxylic acids is 1. The summed E-state index contributed by atoms with van der Waals surface area (Å²) in [5, 5.41) is 2.90. The molecule has 4 nitrogen and oxygen atoms in total. The molecule has 0 aliphatic carbocycles. The predicted octanol–water partition coefficient (Wildman–Crippen LogP) is 1.73. The third kappa shape index (κ3) is 5.41. The smallest absolute Gasteiger partial charge is 0.251 e. The molecule has 1 rings (SSSR count). The Labute approximate surface area is 115 Å². The van der Waals surface area contributed by atoms with Gasteiger partial charge in [0.1, 0.15) is 0 Å². The van der Waals surface area contributed by atoms with Gasteiger partial charge in [0.2, 0.25) is 0 Å². The highest BCUT2D eigenvalue weighted by Crippen LogP contribution is 2.09. The quantitative estimate of drug-likeness (QED) is 0.788. The van der Waals surface area contributed by atoms with Crippen LogP contribution in [0.2, 0.25) is 0 Å². The van der Waals surface area contributed by atoms with Gasteiger partial charge in [0.15, 0.2) is 0 Å². The van der Waals surface area contributed by atoms with Gasteiger partial charge in [-0.1, -0.05) is 12.1 Å². The topological polar surface area (TPSA) is 64.3 Å². The molecule has 0 saturated carbocycles. The van der Waals surface area contributed by atoms with Crippen LogP contribution in [-0.2, 0) is 11.2 Å². The Balaban J connectivity index is 2.60. The van der Waals surface area contributed by atoms with Crippen molar-refractivity contribution in [2.75, 3.05) is 19.7 Å². The van der Waals surface area contributed by atoms with Crippen LogP contribution in [0.1, 0.15) is 36.7 Å². The Hall–Kier alpha value is -1.39. The molecular formula is C15H24N2O2. The number of hydrogen-bond acceptors (Lipinski definition) is 3. The summed E-state index contributed by atoms with van der Waals surface area (Å²) < 4.78 is 5.55. The molecule has 0 aliphatic heterocycles. The summed E-state index contributed by atoms with van der Waals surface area (Å²) in [5.74, 6) is -0.0772. The van der Waals surface area contributed by atoms with Crippen LogP contribution >= 0.6 is 0 Å². The van der Waals surface area contributed by atoms with Gasteiger partial charge < -0.3 is 15.8 Å². The van der Waals surface area contributed by atoms with Gasteiger partial charge in [-0.05, 0) is 51.4 Å². The zero-order valence-electron chi connectivity index (χ0n) is 12.0. The molecule has 0 spiro atoms. The average molecular weight is 264 g/mol. The van der Waals surface area contributed by atoms with Crippen molar-refractivity contribution >= 4 is 5.91 Å². The van der Waals surface area contributed by atoms with Gasteiger partial charge in [-0.2, -0.15) is 0 Å². The van der Waals surface area contributed by atoms with Crippen molar-refractivity contribution in [2.45, 2.75) is 32.8 Å². The Morgan fingerprint density at radius 3 is 2.79 bits per heavy atom. The van der Waals surface area contributed by atoms with E-state index in [2.05, 4.69) is 5.32 Å². The molecule has 0 radical (unpaired) electrons. The third-order valence-corrected chi connectivity index (χ3v) is 2.83. The van der Waals surface area contributed by atoms with Gasteiger partial charge in [-0.15, -0.1) is 0 Å². The predicted molar refractivity (Wildman–Crippen MR) is 77.2 cm³/mol. The van der Waals surface area contributed by atoms with Crippen LogP contribution in [-0.4, -0.2) is 31.2 Å². The normalized spacial score (nSPS) is 11.4. The molecule has 1 amide bonds. The second-order valence-corrected chi connectivity index (χ2v) is 5.11. The van der Waals surface area contributed by atoms with Crippen molar-refractivity contribution in [3.8, 4) is 0 Å². The van der Waals surface area contributed by atoms with Crippen LogP contribution in [0.4, 0.5) is 0 Å². The molecule has 0 atom stereocenters. The molecule has 3 N–H and O–H groups in total. The monoisotopic (exact) mass is 264 g/mol. The molecule has 19 heavy (non-hydrogen) atoms. The fourth-order valence-corrected chi connectivity index (χ4v) is 1.87. The van der Waals surface area contributed by atoms with E-state index in [0.29, 0.717) is 25.3 Å². The molecule has 1 aromatic carbocycles. The lowest BCUT2D eigenvalue weighted by Crippen LogP contribution is -2.40. The number of benzene rings is 1. The maximum atomic E-state index is 12.1. The van der Waals surface area contributed by atoms with Crippen molar-refractivity contribution < 1.29 is 9.53 Å². The van der Waals surface area contributed by atoms with Gasteiger partial charge in [-0.3, -0.25) is 4.79 Å². The summed E-state index contributed by atoms with van der Waals surface area (Å²) in [6, 6.07) is 7.56. The summed E-state index contributed by atoms with van der Waals surface area (Å²) in [4.78, 5) is 12.1. The van der Waals surface area contributed by atoms with Gasteiger partial charge in [-0.25, -0.2) is 0 Å². The van der Waals surface area contributed by atoms with Gasteiger partial charge in [0, 0.05) is 18.7 Å². The Morgan fingerprint density at radius 1 is 1.42 bits per heavy atom. The molecule has 0 aliphatic rings. The van der Waals surface area contributed by atoms with E-state index in [9.17, 15) is 4.79 Å². The second kappa shape index (κ2) is 7.26. The lowest BCUT2D eigenvalue weighted by atomic mass is 10.1. The Morgan fingerprint density at radius 2 is 2.16 bits per heavy atom. The molecule has 0 aromatic heterocycles. The van der Waals surface area contributed by atoms with Crippen LogP contribution in [0.15, 0.2) is 24.3 Å². The molecule has 0 bridgehead atoms. The first kappa shape index (κ1) is 15.7. The number of nitrogens with two attached hydrogens (primary N) is 1. The minimum Gasteiger partial charge on any atom is -0.374 e. The zero-order valence-corrected chi connectivity index (χ0v) is 12.0. The lowest BCUT2D eigenvalue weighted by Gasteiger charge is -2.24. The molecule has 0 fully saturated rings. The first-order valence-electron chi connectivity index (χ1n) is 6.69. The molecule has 0 saturated heterocycles. The van der Waals surface area contributed by atoms with E-state index in [1.54, 1.807) is 0 Å². The number of nitrogens with one attached hydrogen (secondary N) is 1. The minimum atomic E-state index is -0.348. The average Bonchev–Trinajstić information content (AvgIpc) is 2.37. The SMILES string of the molecule is CCOC(C)(C)CNC(=O)c1cccc(CCN)c1. The first-order chi connectivity index (χ1) is 8.98. The van der Waals surface area contributed by atoms with Crippen LogP contribution in [0.3, 0.4) is 0 Å². The lowest BCUT2D eigenvalue weighted by molar-refractivity contribution is -0.00815. The summed E-state index contributed by atoms with van der Waals surface area (Å²) >= 11 is 0. The van der Waals surface area contributed by atoms with Crippen molar-refractivity contribution in [2.24, 2.45) is 5.73 Å². The third-order valence-electron chi connectivity index (χ3n) is 2.83. The van der Waals surface area contributed by atoms with Crippen molar-refractivity contribution in [3.05, 3.63) is 35.4 Å². The van der Waals surface area contributed by atoms with E-state index >= 15 is 0 Å². The van der Waals surface area contributed by atoms with Crippen molar-refractivity contribution in [3.63, 3.8) is 0 Å². The van der Waals surface area contributed by atoms with Gasteiger partial charge >= 0.3 is 0 Å². The van der Waals surface area contributed by atoms with Gasteiger partial charge in [0.25, 0.3) is 5.91 Å². The van der Waals surface area contributed by atoms with Gasteiger partial charge in [0.05, 0.1) is 5.60 Å². The summed E-state index contributed by atoms with van der Waals surface area (Å²) in [5.41, 5.74) is 6.92. The van der Waals surface area contributed by atoms with Crippen LogP contribution < -0.4 is 11.1 Å². The maximum absolute atomic E-state index is 12.1. The molecule has 0 unspecified atom stereocenters. The van der Waals surface area contributed by atoms with Crippen LogP contribution in [0.25, 0.3) is 0 Å². The van der Waals surface area contributed by atoms with E-state index in [0.717, 1.165) is 12.0 Å². The Kier molecular flexibility index (Phi) is 5.99. The summed E-state index contributed by atoms with van der Waals surface area (Å²) in [7, 11) is 0. The number of ether oxygens (including phenoxy) is 1. The van der Waals surface area contributed by atoms with E-state index in [-0.39, 0.29) is 11.5 Å².